The van der Waals surface area contributed by atoms with Crippen molar-refractivity contribution >= 4 is 0 Å². The molecule has 0 saturated heterocycles. The Morgan fingerprint density at radius 1 is 1.60 bits per heavy atom. The van der Waals surface area contributed by atoms with Gasteiger partial charge in [-0.05, 0) is 13.3 Å². The van der Waals surface area contributed by atoms with Crippen LogP contribution in [0.2, 0.25) is 0 Å². The van der Waals surface area contributed by atoms with Gasteiger partial charge in [0.05, 0.1) is 24.3 Å². The normalized spacial score (nSPS) is 14.5. The van der Waals surface area contributed by atoms with E-state index in [0.29, 0.717) is 0 Å². The number of aliphatic hydroxyl groups excluding tert-OH is 1. The van der Waals surface area contributed by atoms with Crippen LogP contribution in [0.5, 0.6) is 0 Å². The van der Waals surface area contributed by atoms with Gasteiger partial charge >= 0.3 is 0 Å². The topological polar surface area (TPSA) is 61.8 Å². The first kappa shape index (κ1) is 11.7. The molecule has 4 heteroatoms. The van der Waals surface area contributed by atoms with Gasteiger partial charge in [-0.25, -0.2) is 0 Å². The van der Waals surface area contributed by atoms with Crippen molar-refractivity contribution in [3.05, 3.63) is 18.0 Å². The van der Waals surface area contributed by atoms with Crippen molar-refractivity contribution in [1.29, 1.82) is 5.26 Å². The second-order valence-electron chi connectivity index (χ2n) is 3.60. The van der Waals surface area contributed by atoms with Gasteiger partial charge in [-0.3, -0.25) is 4.68 Å². The summed E-state index contributed by atoms with van der Waals surface area (Å²) in [6, 6.07) is 2.14. The monoisotopic (exact) mass is 207 g/mol. The van der Waals surface area contributed by atoms with E-state index in [1.807, 2.05) is 13.8 Å². The quantitative estimate of drug-likeness (QED) is 0.801. The highest BCUT2D eigenvalue weighted by Gasteiger charge is 2.20. The third-order valence-corrected chi connectivity index (χ3v) is 2.47. The van der Waals surface area contributed by atoms with Gasteiger partial charge in [-0.1, -0.05) is 13.3 Å². The summed E-state index contributed by atoms with van der Waals surface area (Å²) in [5, 5.41) is 22.9. The molecule has 1 rings (SSSR count). The molecule has 82 valence electrons. The van der Waals surface area contributed by atoms with E-state index in [9.17, 15) is 5.11 Å². The van der Waals surface area contributed by atoms with Crippen LogP contribution in [0.4, 0.5) is 0 Å². The first-order valence-electron chi connectivity index (χ1n) is 5.32. The molecule has 1 heterocycles. The predicted molar refractivity (Wildman–Crippen MR) is 56.9 cm³/mol. The zero-order valence-corrected chi connectivity index (χ0v) is 9.22. The van der Waals surface area contributed by atoms with Crippen molar-refractivity contribution in [2.24, 2.45) is 5.92 Å². The molecule has 0 aliphatic rings. The minimum absolute atomic E-state index is 0.329. The van der Waals surface area contributed by atoms with E-state index in [2.05, 4.69) is 11.2 Å². The van der Waals surface area contributed by atoms with Gasteiger partial charge in [0.2, 0.25) is 0 Å². The third kappa shape index (κ3) is 2.80. The standard InChI is InChI=1S/C11H17N3O/c1-3-5-9(6-12)11(15)10-7-13-14(4-2)8-10/h7-9,11,15H,3-5H2,1-2H3. The highest BCUT2D eigenvalue weighted by molar-refractivity contribution is 5.12. The van der Waals surface area contributed by atoms with Crippen LogP contribution in [0.1, 0.15) is 38.4 Å². The van der Waals surface area contributed by atoms with Gasteiger partial charge < -0.3 is 5.11 Å². The number of hydrogen-bond acceptors (Lipinski definition) is 3. The molecular formula is C11H17N3O. The molecule has 1 aromatic heterocycles. The van der Waals surface area contributed by atoms with E-state index in [1.165, 1.54) is 0 Å². The van der Waals surface area contributed by atoms with Crippen molar-refractivity contribution in [2.75, 3.05) is 0 Å². The first-order chi connectivity index (χ1) is 7.22. The Kier molecular flexibility index (Phi) is 4.32. The zero-order chi connectivity index (χ0) is 11.3. The minimum atomic E-state index is -0.713. The van der Waals surface area contributed by atoms with Crippen molar-refractivity contribution < 1.29 is 5.11 Å². The maximum Gasteiger partial charge on any atom is 0.0978 e. The molecule has 0 spiro atoms. The summed E-state index contributed by atoms with van der Waals surface area (Å²) >= 11 is 0. The van der Waals surface area contributed by atoms with E-state index < -0.39 is 6.10 Å². The number of aryl methyl sites for hydroxylation is 1. The van der Waals surface area contributed by atoms with E-state index in [0.717, 1.165) is 24.9 Å². The van der Waals surface area contributed by atoms with Crippen LogP contribution in [0.3, 0.4) is 0 Å². The number of rotatable bonds is 5. The Labute approximate surface area is 90.1 Å². The van der Waals surface area contributed by atoms with Crippen LogP contribution < -0.4 is 0 Å². The summed E-state index contributed by atoms with van der Waals surface area (Å²) in [5.74, 6) is -0.329. The molecule has 2 unspecified atom stereocenters. The molecule has 0 saturated carbocycles. The van der Waals surface area contributed by atoms with Crippen LogP contribution in [-0.2, 0) is 6.54 Å². The zero-order valence-electron chi connectivity index (χ0n) is 9.22. The van der Waals surface area contributed by atoms with E-state index >= 15 is 0 Å². The lowest BCUT2D eigenvalue weighted by Gasteiger charge is -2.13. The van der Waals surface area contributed by atoms with Crippen LogP contribution in [0.25, 0.3) is 0 Å². The van der Waals surface area contributed by atoms with Gasteiger partial charge in [0, 0.05) is 18.3 Å². The maximum absolute atomic E-state index is 9.94. The average molecular weight is 207 g/mol. The summed E-state index contributed by atoms with van der Waals surface area (Å²) in [6.45, 7) is 4.77. The van der Waals surface area contributed by atoms with Gasteiger partial charge in [0.1, 0.15) is 0 Å². The Hall–Kier alpha value is -1.34. The second-order valence-corrected chi connectivity index (χ2v) is 3.60. The van der Waals surface area contributed by atoms with Crippen molar-refractivity contribution in [2.45, 2.75) is 39.3 Å². The summed E-state index contributed by atoms with van der Waals surface area (Å²) in [5.41, 5.74) is 0.733. The molecule has 0 amide bonds. The fourth-order valence-electron chi connectivity index (χ4n) is 1.54. The number of nitrogens with zero attached hydrogens (tertiary/aromatic N) is 3. The fourth-order valence-corrected chi connectivity index (χ4v) is 1.54. The lowest BCUT2D eigenvalue weighted by atomic mass is 9.95. The number of nitriles is 1. The van der Waals surface area contributed by atoms with Crippen LogP contribution in [0, 0.1) is 17.2 Å². The first-order valence-corrected chi connectivity index (χ1v) is 5.32. The second kappa shape index (κ2) is 5.52. The van der Waals surface area contributed by atoms with Crippen molar-refractivity contribution in [1.82, 2.24) is 9.78 Å². The lowest BCUT2D eigenvalue weighted by molar-refractivity contribution is 0.130. The summed E-state index contributed by atoms with van der Waals surface area (Å²) in [6.07, 6.45) is 4.33. The van der Waals surface area contributed by atoms with Crippen molar-refractivity contribution in [3.8, 4) is 6.07 Å². The van der Waals surface area contributed by atoms with E-state index in [1.54, 1.807) is 17.1 Å². The Morgan fingerprint density at radius 3 is 2.80 bits per heavy atom. The predicted octanol–water partition coefficient (Wildman–Crippen LogP) is 1.88. The molecule has 0 radical (unpaired) electrons. The summed E-state index contributed by atoms with van der Waals surface area (Å²) in [7, 11) is 0. The molecular weight excluding hydrogens is 190 g/mol. The largest absolute Gasteiger partial charge is 0.387 e. The highest BCUT2D eigenvalue weighted by Crippen LogP contribution is 2.24. The van der Waals surface area contributed by atoms with Crippen molar-refractivity contribution in [3.63, 3.8) is 0 Å². The lowest BCUT2D eigenvalue weighted by Crippen LogP contribution is -2.10. The fraction of sp³-hybridized carbons (Fsp3) is 0.636. The molecule has 1 aromatic rings. The summed E-state index contributed by atoms with van der Waals surface area (Å²) in [4.78, 5) is 0. The maximum atomic E-state index is 9.94. The molecule has 15 heavy (non-hydrogen) atoms. The molecule has 0 aliphatic carbocycles. The summed E-state index contributed by atoms with van der Waals surface area (Å²) < 4.78 is 1.75. The number of hydrogen-bond donors (Lipinski definition) is 1. The number of aliphatic hydroxyl groups is 1. The van der Waals surface area contributed by atoms with E-state index in [-0.39, 0.29) is 5.92 Å². The van der Waals surface area contributed by atoms with Crippen LogP contribution in [0.15, 0.2) is 12.4 Å². The molecule has 0 bridgehead atoms. The van der Waals surface area contributed by atoms with E-state index in [4.69, 9.17) is 5.26 Å². The van der Waals surface area contributed by atoms with Gasteiger partial charge in [0.25, 0.3) is 0 Å². The SMILES string of the molecule is CCCC(C#N)C(O)c1cnn(CC)c1. The Balaban J connectivity index is 2.74. The molecule has 0 aliphatic heterocycles. The minimum Gasteiger partial charge on any atom is -0.387 e. The highest BCUT2D eigenvalue weighted by atomic mass is 16.3. The van der Waals surface area contributed by atoms with Gasteiger partial charge in [0.15, 0.2) is 0 Å². The number of aromatic nitrogens is 2. The van der Waals surface area contributed by atoms with Crippen LogP contribution in [-0.4, -0.2) is 14.9 Å². The molecule has 4 nitrogen and oxygen atoms in total. The van der Waals surface area contributed by atoms with Gasteiger partial charge in [-0.2, -0.15) is 10.4 Å². The Morgan fingerprint density at radius 2 is 2.33 bits per heavy atom. The van der Waals surface area contributed by atoms with Crippen LogP contribution >= 0.6 is 0 Å². The average Bonchev–Trinajstić information content (AvgIpc) is 2.73. The van der Waals surface area contributed by atoms with Gasteiger partial charge in [-0.15, -0.1) is 0 Å². The Bertz CT molecular complexity index is 340. The third-order valence-electron chi connectivity index (χ3n) is 2.47. The molecule has 0 aromatic carbocycles. The molecule has 0 fully saturated rings. The molecule has 1 N–H and O–H groups in total. The molecule has 2 atom stereocenters. The smallest absolute Gasteiger partial charge is 0.0978 e.